The van der Waals surface area contributed by atoms with Crippen molar-refractivity contribution >= 4 is 73.2 Å². The van der Waals surface area contributed by atoms with Crippen molar-refractivity contribution in [1.29, 1.82) is 0 Å². The third kappa shape index (κ3) is 27.4. The molecule has 0 aliphatic heterocycles. The van der Waals surface area contributed by atoms with Crippen molar-refractivity contribution in [2.75, 3.05) is 31.2 Å². The number of benzene rings is 2. The summed E-state index contributed by atoms with van der Waals surface area (Å²) in [6, 6.07) is 9.82. The molecular formula is C62H93F2N7O13SSi. The minimum atomic E-state index is -1.71. The quantitative estimate of drug-likeness (QED) is 0.0229. The molecule has 0 saturated heterocycles. The highest BCUT2D eigenvalue weighted by molar-refractivity contribution is 7.99. The largest absolute Gasteiger partial charge is 0.460 e. The van der Waals surface area contributed by atoms with Crippen LogP contribution in [0.5, 0.6) is 0 Å². The van der Waals surface area contributed by atoms with E-state index in [2.05, 4.69) is 35.6 Å². The predicted octanol–water partition coefficient (Wildman–Crippen LogP) is 8.53. The summed E-state index contributed by atoms with van der Waals surface area (Å²) in [6.07, 6.45) is -1.13. The maximum absolute atomic E-state index is 15.7. The highest BCUT2D eigenvalue weighted by atomic mass is 32.2. The summed E-state index contributed by atoms with van der Waals surface area (Å²) in [6.45, 7) is 26.6. The molecule has 0 bridgehead atoms. The number of Topliss-reactive ketones (excluding diaryl/α,β-unsaturated/α-hetero) is 1. The summed E-state index contributed by atoms with van der Waals surface area (Å²) in [5.41, 5.74) is 9.32. The van der Waals surface area contributed by atoms with Crippen molar-refractivity contribution in [3.63, 3.8) is 0 Å². The summed E-state index contributed by atoms with van der Waals surface area (Å²) >= 11 is 1.02. The topological polar surface area (TPSA) is 287 Å². The minimum absolute atomic E-state index is 0.0409. The smallest absolute Gasteiger partial charge is 0.407 e. The van der Waals surface area contributed by atoms with E-state index in [-0.39, 0.29) is 69.0 Å². The van der Waals surface area contributed by atoms with Gasteiger partial charge in [0.25, 0.3) is 0 Å². The third-order valence-electron chi connectivity index (χ3n) is 12.8. The van der Waals surface area contributed by atoms with Gasteiger partial charge < -0.3 is 55.8 Å². The number of amides is 5. The number of hydrogen-bond donors (Lipinski definition) is 5. The van der Waals surface area contributed by atoms with E-state index in [1.165, 1.54) is 4.90 Å². The van der Waals surface area contributed by atoms with E-state index in [0.717, 1.165) is 35.5 Å². The molecule has 0 aliphatic carbocycles. The fraction of sp³-hybridized carbons (Fsp3) is 0.597. The molecule has 1 heterocycles. The molecule has 20 nitrogen and oxygen atoms in total. The number of esters is 3. The first-order valence-electron chi connectivity index (χ1n) is 28.9. The van der Waals surface area contributed by atoms with Gasteiger partial charge in [-0.1, -0.05) is 70.7 Å². The summed E-state index contributed by atoms with van der Waals surface area (Å²) in [5.74, 6) is -8.47. The number of thioether (sulfide) groups is 1. The minimum Gasteiger partial charge on any atom is -0.460 e. The molecule has 3 rings (SSSR count). The van der Waals surface area contributed by atoms with E-state index >= 15 is 9.18 Å². The number of nitrogens with two attached hydrogens (primary N) is 2. The Hall–Kier alpha value is -6.66. The maximum Gasteiger partial charge on any atom is 0.407 e. The molecule has 478 valence electrons. The van der Waals surface area contributed by atoms with Gasteiger partial charge >= 0.3 is 24.0 Å². The molecule has 0 aliphatic rings. The van der Waals surface area contributed by atoms with E-state index in [1.807, 2.05) is 55.7 Å². The number of aromatic nitrogens is 1. The molecule has 24 heteroatoms. The Kier molecular flexibility index (Phi) is 27.7. The van der Waals surface area contributed by atoms with E-state index in [4.69, 9.17) is 30.4 Å². The van der Waals surface area contributed by atoms with Crippen LogP contribution in [0.2, 0.25) is 25.7 Å². The van der Waals surface area contributed by atoms with Gasteiger partial charge in [0.2, 0.25) is 23.6 Å². The van der Waals surface area contributed by atoms with Crippen LogP contribution < -0.4 is 27.4 Å². The maximum atomic E-state index is 15.7. The third-order valence-corrected chi connectivity index (χ3v) is 15.5. The molecule has 5 atom stereocenters. The Bertz CT molecular complexity index is 2820. The summed E-state index contributed by atoms with van der Waals surface area (Å²) in [7, 11) is -1.71. The van der Waals surface area contributed by atoms with Crippen LogP contribution >= 0.6 is 11.8 Å². The lowest BCUT2D eigenvalue weighted by Crippen LogP contribution is -2.51. The summed E-state index contributed by atoms with van der Waals surface area (Å²) in [5, 5.41) is 7.97. The number of rotatable bonds is 31. The van der Waals surface area contributed by atoms with Crippen molar-refractivity contribution < 1.29 is 70.9 Å². The Labute approximate surface area is 511 Å². The fourth-order valence-electron chi connectivity index (χ4n) is 8.84. The van der Waals surface area contributed by atoms with Gasteiger partial charge in [0.15, 0.2) is 5.78 Å². The van der Waals surface area contributed by atoms with E-state index < -0.39 is 138 Å². The Morgan fingerprint density at radius 3 is 1.94 bits per heavy atom. The van der Waals surface area contributed by atoms with Gasteiger partial charge in [-0.3, -0.25) is 33.6 Å². The fourth-order valence-corrected chi connectivity index (χ4v) is 10.5. The van der Waals surface area contributed by atoms with Crippen molar-refractivity contribution in [2.24, 2.45) is 22.8 Å². The number of carbonyl (C=O) groups is 9. The van der Waals surface area contributed by atoms with Gasteiger partial charge in [-0.2, -0.15) is 11.8 Å². The number of carbonyl (C=O) groups excluding carboxylic acids is 9. The van der Waals surface area contributed by atoms with E-state index in [0.29, 0.717) is 17.3 Å². The molecule has 0 spiro atoms. The molecule has 0 fully saturated rings. The number of halogens is 2. The molecule has 3 aromatic rings. The lowest BCUT2D eigenvalue weighted by molar-refractivity contribution is -0.161. The molecule has 5 amide bonds. The second-order valence-corrected chi connectivity index (χ2v) is 33.3. The van der Waals surface area contributed by atoms with Gasteiger partial charge in [-0.05, 0) is 116 Å². The van der Waals surface area contributed by atoms with Crippen molar-refractivity contribution in [1.82, 2.24) is 25.4 Å². The normalized spacial score (nSPS) is 13.9. The van der Waals surface area contributed by atoms with Crippen LogP contribution in [0.15, 0.2) is 60.8 Å². The van der Waals surface area contributed by atoms with Crippen molar-refractivity contribution in [2.45, 2.75) is 195 Å². The summed E-state index contributed by atoms with van der Waals surface area (Å²) < 4.78 is 54.7. The van der Waals surface area contributed by atoms with E-state index in [1.54, 1.807) is 74.6 Å². The van der Waals surface area contributed by atoms with Crippen LogP contribution in [0.3, 0.4) is 0 Å². The first-order chi connectivity index (χ1) is 39.6. The highest BCUT2D eigenvalue weighted by Gasteiger charge is 2.39. The van der Waals surface area contributed by atoms with Crippen LogP contribution in [0.1, 0.15) is 139 Å². The molecule has 0 saturated carbocycles. The molecule has 0 radical (unpaired) electrons. The number of nitrogens with zero attached hydrogens (tertiary/aromatic N) is 2. The molecule has 1 aromatic heterocycles. The SMILES string of the molecule is CC(C)(C)OC(=O)CC[C@@H](NC(=O)CCNC(=O)[C@H](CCN(C(=O)CSC[C@H](CC(=O)[C@@H](N)CC(N)=O)C(=O)OC(C)(C)C)[C@@H](c1cc(-c2cc(F)ccc2F)cn1Cc1ccccc1)C(C)(C)C)NC(=O)OCC[Si](C)(C)C)C(=O)OC(C)(C)C. The van der Waals surface area contributed by atoms with Crippen molar-refractivity contribution in [3.8, 4) is 11.1 Å². The second kappa shape index (κ2) is 32.4. The van der Waals surface area contributed by atoms with Crippen LogP contribution in [0.4, 0.5) is 13.6 Å². The predicted molar refractivity (Wildman–Crippen MR) is 329 cm³/mol. The number of nitrogens with one attached hydrogen (secondary N) is 3. The number of hydrogen-bond acceptors (Lipinski definition) is 15. The van der Waals surface area contributed by atoms with Gasteiger partial charge in [0.1, 0.15) is 40.5 Å². The molecule has 7 N–H and O–H groups in total. The lowest BCUT2D eigenvalue weighted by atomic mass is 9.82. The highest BCUT2D eigenvalue weighted by Crippen LogP contribution is 2.42. The average Bonchev–Trinajstić information content (AvgIpc) is 1.73. The van der Waals surface area contributed by atoms with E-state index in [9.17, 15) is 42.7 Å². The second-order valence-electron chi connectivity index (χ2n) is 26.7. The first kappa shape index (κ1) is 73.6. The zero-order chi connectivity index (χ0) is 65.1. The number of ketones is 1. The Balaban J connectivity index is 2.16. The van der Waals surface area contributed by atoms with Crippen molar-refractivity contribution in [3.05, 3.63) is 83.7 Å². The lowest BCUT2D eigenvalue weighted by Gasteiger charge is -2.41. The number of primary amides is 1. The summed E-state index contributed by atoms with van der Waals surface area (Å²) in [4.78, 5) is 123. The van der Waals surface area contributed by atoms with Gasteiger partial charge in [-0.15, -0.1) is 0 Å². The standard InChI is InChI=1S/C62H93F2N7O13SSi/c1-59(2,3)54(48-31-40(43-33-42(63)21-22-44(43)64)36-70(48)35-39-19-17-16-18-20-39)71(52(75)38-85-37-41(56(78)83-61(7,8)9)32-49(72)45(65)34-50(66)73)28-26-46(69-58(80)81-29-30-86(13,14)15)55(77)67-27-25-51(74)68-47(57(79)84-62(10,11)12)23-24-53(76)82-60(4,5)6/h16-22,31,33,36,41,45-47,54H,23-30,32,34-35,37-38,65H2,1-15H3,(H2,66,73)(H,67,77)(H,68,74)(H,69,80)/t41-,45-,46-,47+,54-/m0/s1. The molecule has 86 heavy (non-hydrogen) atoms. The Morgan fingerprint density at radius 2 is 1.36 bits per heavy atom. The van der Waals surface area contributed by atoms with Crippen LogP contribution in [-0.2, 0) is 63.8 Å². The first-order valence-corrected chi connectivity index (χ1v) is 33.8. The Morgan fingerprint density at radius 1 is 0.744 bits per heavy atom. The van der Waals surface area contributed by atoms with Gasteiger partial charge in [0.05, 0.1) is 30.4 Å². The monoisotopic (exact) mass is 1240 g/mol. The van der Waals surface area contributed by atoms with Crippen LogP contribution in [-0.4, -0.2) is 137 Å². The van der Waals surface area contributed by atoms with Gasteiger partial charge in [0, 0.05) is 82.2 Å². The van der Waals surface area contributed by atoms with Gasteiger partial charge in [-0.25, -0.2) is 18.4 Å². The molecular weight excluding hydrogens is 1150 g/mol. The zero-order valence-electron chi connectivity index (χ0n) is 52.9. The average molecular weight is 1240 g/mol. The molecule has 2 aromatic carbocycles. The zero-order valence-corrected chi connectivity index (χ0v) is 54.7. The number of alkyl carbamates (subject to hydrolysis) is 1. The molecule has 0 unspecified atom stereocenters. The van der Waals surface area contributed by atoms with Crippen LogP contribution in [0.25, 0.3) is 11.1 Å². The van der Waals surface area contributed by atoms with Crippen LogP contribution in [0, 0.1) is 23.0 Å². The number of ether oxygens (including phenoxy) is 4.